The van der Waals surface area contributed by atoms with Gasteiger partial charge in [-0.2, -0.15) is 0 Å². The van der Waals surface area contributed by atoms with Crippen LogP contribution in [-0.2, 0) is 0 Å². The van der Waals surface area contributed by atoms with E-state index in [9.17, 15) is 0 Å². The number of nitrogens with zero attached hydrogens (tertiary/aromatic N) is 1. The standard InChI is InChI=1S/C18H32N2O/c1-8-18(6,20(9-2)10-3)17(19)15-12-11-13(4)14(5)16(15)21-7/h11-12,17H,8-10,19H2,1-7H3. The van der Waals surface area contributed by atoms with Crippen LogP contribution in [0, 0.1) is 13.8 Å². The molecule has 1 rings (SSSR count). The zero-order chi connectivity index (χ0) is 16.2. The number of hydrogen-bond donors (Lipinski definition) is 1. The number of hydrogen-bond acceptors (Lipinski definition) is 3. The maximum atomic E-state index is 6.71. The third-order valence-electron chi connectivity index (χ3n) is 5.12. The van der Waals surface area contributed by atoms with E-state index in [4.69, 9.17) is 10.5 Å². The molecule has 0 heterocycles. The van der Waals surface area contributed by atoms with Crippen LogP contribution < -0.4 is 10.5 Å². The Bertz CT molecular complexity index is 469. The lowest BCUT2D eigenvalue weighted by atomic mass is 9.82. The number of benzene rings is 1. The fourth-order valence-corrected chi connectivity index (χ4v) is 3.25. The summed E-state index contributed by atoms with van der Waals surface area (Å²) in [5.74, 6) is 0.939. The van der Waals surface area contributed by atoms with Gasteiger partial charge in [-0.15, -0.1) is 0 Å². The van der Waals surface area contributed by atoms with E-state index in [1.54, 1.807) is 7.11 Å². The predicted octanol–water partition coefficient (Wildman–Crippen LogP) is 3.82. The van der Waals surface area contributed by atoms with Gasteiger partial charge in [0, 0.05) is 11.1 Å². The predicted molar refractivity (Wildman–Crippen MR) is 91.0 cm³/mol. The number of likely N-dealkylation sites (N-methyl/N-ethyl adjacent to an activating group) is 1. The van der Waals surface area contributed by atoms with Gasteiger partial charge in [0.2, 0.25) is 0 Å². The molecule has 0 aliphatic carbocycles. The summed E-state index contributed by atoms with van der Waals surface area (Å²) in [6, 6.07) is 4.20. The van der Waals surface area contributed by atoms with Gasteiger partial charge in [-0.25, -0.2) is 0 Å². The van der Waals surface area contributed by atoms with Crippen molar-refractivity contribution >= 4 is 0 Å². The molecule has 0 aliphatic rings. The molecule has 2 N–H and O–H groups in total. The molecule has 0 bridgehead atoms. The molecule has 0 saturated heterocycles. The number of rotatable bonds is 7. The second-order valence-electron chi connectivity index (χ2n) is 5.99. The summed E-state index contributed by atoms with van der Waals surface area (Å²) in [5.41, 5.74) is 10.2. The Balaban J connectivity index is 3.34. The highest BCUT2D eigenvalue weighted by molar-refractivity contribution is 5.47. The van der Waals surface area contributed by atoms with Crippen LogP contribution in [0.3, 0.4) is 0 Å². The highest BCUT2D eigenvalue weighted by Gasteiger charge is 2.37. The van der Waals surface area contributed by atoms with Crippen molar-refractivity contribution in [1.29, 1.82) is 0 Å². The first kappa shape index (κ1) is 18.0. The number of aryl methyl sites for hydroxylation is 1. The molecule has 3 heteroatoms. The van der Waals surface area contributed by atoms with Crippen LogP contribution in [0.5, 0.6) is 5.75 Å². The highest BCUT2D eigenvalue weighted by atomic mass is 16.5. The quantitative estimate of drug-likeness (QED) is 0.830. The Morgan fingerprint density at radius 1 is 1.19 bits per heavy atom. The summed E-state index contributed by atoms with van der Waals surface area (Å²) in [6.45, 7) is 15.1. The summed E-state index contributed by atoms with van der Waals surface area (Å²) in [4.78, 5) is 2.45. The van der Waals surface area contributed by atoms with Gasteiger partial charge in [0.25, 0.3) is 0 Å². The van der Waals surface area contributed by atoms with Gasteiger partial charge in [-0.05, 0) is 51.4 Å². The summed E-state index contributed by atoms with van der Waals surface area (Å²) < 4.78 is 5.67. The molecule has 1 aromatic rings. The Kier molecular flexibility index (Phi) is 6.24. The molecular formula is C18H32N2O. The van der Waals surface area contributed by atoms with Gasteiger partial charge in [-0.1, -0.05) is 32.9 Å². The molecule has 1 aromatic carbocycles. The van der Waals surface area contributed by atoms with Crippen molar-refractivity contribution in [3.8, 4) is 5.75 Å². The van der Waals surface area contributed by atoms with E-state index in [2.05, 4.69) is 58.6 Å². The molecule has 120 valence electrons. The molecule has 2 unspecified atom stereocenters. The first-order valence-electron chi connectivity index (χ1n) is 8.01. The van der Waals surface area contributed by atoms with Gasteiger partial charge >= 0.3 is 0 Å². The van der Waals surface area contributed by atoms with Crippen LogP contribution in [0.25, 0.3) is 0 Å². The van der Waals surface area contributed by atoms with Crippen LogP contribution in [-0.4, -0.2) is 30.6 Å². The molecule has 0 amide bonds. The fraction of sp³-hybridized carbons (Fsp3) is 0.667. The maximum absolute atomic E-state index is 6.71. The summed E-state index contributed by atoms with van der Waals surface area (Å²) in [5, 5.41) is 0. The maximum Gasteiger partial charge on any atom is 0.126 e. The lowest BCUT2D eigenvalue weighted by molar-refractivity contribution is 0.0835. The fourth-order valence-electron chi connectivity index (χ4n) is 3.25. The second-order valence-corrected chi connectivity index (χ2v) is 5.99. The molecule has 0 radical (unpaired) electrons. The van der Waals surface area contributed by atoms with Gasteiger partial charge in [0.05, 0.1) is 13.2 Å². The van der Waals surface area contributed by atoms with Gasteiger partial charge in [-0.3, -0.25) is 4.90 Å². The topological polar surface area (TPSA) is 38.5 Å². The zero-order valence-corrected chi connectivity index (χ0v) is 14.8. The Morgan fingerprint density at radius 2 is 1.76 bits per heavy atom. The molecule has 0 saturated carbocycles. The van der Waals surface area contributed by atoms with Crippen LogP contribution >= 0.6 is 0 Å². The smallest absolute Gasteiger partial charge is 0.126 e. The minimum Gasteiger partial charge on any atom is -0.496 e. The van der Waals surface area contributed by atoms with E-state index in [0.717, 1.165) is 30.8 Å². The third-order valence-corrected chi connectivity index (χ3v) is 5.12. The SMILES string of the molecule is CCN(CC)C(C)(CC)C(N)c1ccc(C)c(C)c1OC. The molecule has 0 aliphatic heterocycles. The van der Waals surface area contributed by atoms with Crippen molar-refractivity contribution in [2.75, 3.05) is 20.2 Å². The average Bonchev–Trinajstić information content (AvgIpc) is 2.49. The molecule has 0 fully saturated rings. The lowest BCUT2D eigenvalue weighted by Crippen LogP contribution is -2.53. The first-order chi connectivity index (χ1) is 9.87. The normalized spacial score (nSPS) is 15.9. The first-order valence-corrected chi connectivity index (χ1v) is 8.01. The van der Waals surface area contributed by atoms with Gasteiger partial charge in [0.15, 0.2) is 0 Å². The Labute approximate surface area is 130 Å². The van der Waals surface area contributed by atoms with Crippen LogP contribution in [0.15, 0.2) is 12.1 Å². The van der Waals surface area contributed by atoms with Crippen LogP contribution in [0.1, 0.15) is 56.8 Å². The molecule has 21 heavy (non-hydrogen) atoms. The lowest BCUT2D eigenvalue weighted by Gasteiger charge is -2.44. The average molecular weight is 292 g/mol. The minimum absolute atomic E-state index is 0.0710. The second kappa shape index (κ2) is 7.28. The highest BCUT2D eigenvalue weighted by Crippen LogP contribution is 2.38. The largest absolute Gasteiger partial charge is 0.496 e. The van der Waals surface area contributed by atoms with Crippen LogP contribution in [0.4, 0.5) is 0 Å². The monoisotopic (exact) mass is 292 g/mol. The molecule has 0 aromatic heterocycles. The van der Waals surface area contributed by atoms with E-state index in [0.29, 0.717) is 0 Å². The van der Waals surface area contributed by atoms with Crippen molar-refractivity contribution in [2.24, 2.45) is 5.73 Å². The molecule has 0 spiro atoms. The van der Waals surface area contributed by atoms with E-state index in [-0.39, 0.29) is 11.6 Å². The Morgan fingerprint density at radius 3 is 2.19 bits per heavy atom. The summed E-state index contributed by atoms with van der Waals surface area (Å²) in [6.07, 6.45) is 1.01. The van der Waals surface area contributed by atoms with Crippen molar-refractivity contribution < 1.29 is 4.74 Å². The summed E-state index contributed by atoms with van der Waals surface area (Å²) in [7, 11) is 1.73. The van der Waals surface area contributed by atoms with Gasteiger partial charge in [0.1, 0.15) is 5.75 Å². The van der Waals surface area contributed by atoms with Crippen molar-refractivity contribution in [1.82, 2.24) is 4.90 Å². The third kappa shape index (κ3) is 3.24. The molecule has 2 atom stereocenters. The number of ether oxygens (including phenoxy) is 1. The van der Waals surface area contributed by atoms with E-state index < -0.39 is 0 Å². The van der Waals surface area contributed by atoms with E-state index in [1.807, 2.05) is 0 Å². The minimum atomic E-state index is -0.0725. The Hall–Kier alpha value is -1.06. The van der Waals surface area contributed by atoms with Crippen LogP contribution in [0.2, 0.25) is 0 Å². The van der Waals surface area contributed by atoms with Gasteiger partial charge < -0.3 is 10.5 Å². The van der Waals surface area contributed by atoms with Crippen molar-refractivity contribution in [3.05, 3.63) is 28.8 Å². The number of nitrogens with two attached hydrogens (primary N) is 1. The van der Waals surface area contributed by atoms with E-state index in [1.165, 1.54) is 11.1 Å². The zero-order valence-electron chi connectivity index (χ0n) is 14.8. The van der Waals surface area contributed by atoms with Crippen molar-refractivity contribution in [2.45, 2.75) is 59.5 Å². The van der Waals surface area contributed by atoms with E-state index >= 15 is 0 Å². The summed E-state index contributed by atoms with van der Waals surface area (Å²) >= 11 is 0. The van der Waals surface area contributed by atoms with Crippen molar-refractivity contribution in [3.63, 3.8) is 0 Å². The molecule has 3 nitrogen and oxygen atoms in total. The number of methoxy groups -OCH3 is 1. The molecular weight excluding hydrogens is 260 g/mol.